The lowest BCUT2D eigenvalue weighted by atomic mass is 9.81. The fraction of sp³-hybridized carbons (Fsp3) is 0.188. The van der Waals surface area contributed by atoms with E-state index in [2.05, 4.69) is 28.2 Å². The first-order valence-corrected chi connectivity index (χ1v) is 7.00. The van der Waals surface area contributed by atoms with Crippen molar-refractivity contribution >= 4 is 5.82 Å². The highest BCUT2D eigenvalue weighted by Gasteiger charge is 2.31. The SMILES string of the molecule is CC1Cc2[nH]ncc2-c2nc(N)c(C#N)c(-c3ccco3)c21. The topological polar surface area (TPSA) is 105 Å². The molecule has 1 unspecified atom stereocenters. The van der Waals surface area contributed by atoms with Gasteiger partial charge < -0.3 is 10.2 Å². The third-order valence-electron chi connectivity index (χ3n) is 4.12. The molecule has 6 heteroatoms. The maximum absolute atomic E-state index is 9.51. The van der Waals surface area contributed by atoms with E-state index in [4.69, 9.17) is 10.2 Å². The number of aromatic nitrogens is 3. The molecule has 6 nitrogen and oxygen atoms in total. The van der Waals surface area contributed by atoms with Crippen LogP contribution in [0.2, 0.25) is 0 Å². The number of nitrogens with two attached hydrogens (primary N) is 1. The summed E-state index contributed by atoms with van der Waals surface area (Å²) < 4.78 is 5.54. The molecule has 3 aromatic heterocycles. The van der Waals surface area contributed by atoms with E-state index in [-0.39, 0.29) is 11.7 Å². The number of anilines is 1. The van der Waals surface area contributed by atoms with Crippen molar-refractivity contribution in [2.24, 2.45) is 0 Å². The van der Waals surface area contributed by atoms with E-state index >= 15 is 0 Å². The summed E-state index contributed by atoms with van der Waals surface area (Å²) in [6, 6.07) is 5.81. The Labute approximate surface area is 126 Å². The van der Waals surface area contributed by atoms with E-state index in [1.165, 1.54) is 0 Å². The van der Waals surface area contributed by atoms with Gasteiger partial charge in [-0.05, 0) is 30.0 Å². The Balaban J connectivity index is 2.13. The molecule has 1 aliphatic carbocycles. The smallest absolute Gasteiger partial charge is 0.142 e. The Kier molecular flexibility index (Phi) is 2.57. The largest absolute Gasteiger partial charge is 0.464 e. The summed E-state index contributed by atoms with van der Waals surface area (Å²) in [5.41, 5.74) is 10.9. The molecule has 0 saturated heterocycles. The first kappa shape index (κ1) is 12.7. The van der Waals surface area contributed by atoms with E-state index in [0.717, 1.165) is 34.5 Å². The summed E-state index contributed by atoms with van der Waals surface area (Å²) in [5, 5.41) is 16.6. The fourth-order valence-electron chi connectivity index (χ4n) is 3.17. The van der Waals surface area contributed by atoms with Crippen LogP contribution in [0.25, 0.3) is 22.6 Å². The van der Waals surface area contributed by atoms with Crippen molar-refractivity contribution in [1.29, 1.82) is 5.26 Å². The van der Waals surface area contributed by atoms with Gasteiger partial charge in [0.05, 0.1) is 18.2 Å². The van der Waals surface area contributed by atoms with Crippen molar-refractivity contribution in [3.63, 3.8) is 0 Å². The minimum atomic E-state index is 0.184. The number of furan rings is 1. The van der Waals surface area contributed by atoms with Gasteiger partial charge in [-0.15, -0.1) is 0 Å². The van der Waals surface area contributed by atoms with Crippen LogP contribution >= 0.6 is 0 Å². The predicted molar refractivity (Wildman–Crippen MR) is 80.8 cm³/mol. The van der Waals surface area contributed by atoms with Gasteiger partial charge in [0, 0.05) is 16.8 Å². The van der Waals surface area contributed by atoms with Crippen molar-refractivity contribution in [2.45, 2.75) is 19.3 Å². The van der Waals surface area contributed by atoms with Crippen LogP contribution in [0.5, 0.6) is 0 Å². The number of rotatable bonds is 1. The van der Waals surface area contributed by atoms with Gasteiger partial charge in [-0.3, -0.25) is 5.10 Å². The molecular formula is C16H13N5O. The molecule has 3 N–H and O–H groups in total. The molecule has 0 bridgehead atoms. The number of pyridine rings is 1. The van der Waals surface area contributed by atoms with Gasteiger partial charge >= 0.3 is 0 Å². The summed E-state index contributed by atoms with van der Waals surface area (Å²) in [6.07, 6.45) is 4.16. The predicted octanol–water partition coefficient (Wildman–Crippen LogP) is 2.85. The van der Waals surface area contributed by atoms with Crippen molar-refractivity contribution in [3.05, 3.63) is 41.4 Å². The van der Waals surface area contributed by atoms with Crippen LogP contribution in [-0.4, -0.2) is 15.2 Å². The zero-order chi connectivity index (χ0) is 15.3. The Morgan fingerprint density at radius 1 is 1.50 bits per heavy atom. The van der Waals surface area contributed by atoms with Gasteiger partial charge in [0.25, 0.3) is 0 Å². The Hall–Kier alpha value is -3.07. The van der Waals surface area contributed by atoms with Gasteiger partial charge in [-0.25, -0.2) is 4.98 Å². The molecule has 0 amide bonds. The molecule has 0 saturated carbocycles. The molecule has 4 rings (SSSR count). The van der Waals surface area contributed by atoms with E-state index in [1.807, 2.05) is 6.07 Å². The number of H-pyrrole nitrogens is 1. The maximum atomic E-state index is 9.51. The van der Waals surface area contributed by atoms with Gasteiger partial charge in [0.1, 0.15) is 23.2 Å². The first-order chi connectivity index (χ1) is 10.7. The van der Waals surface area contributed by atoms with Crippen LogP contribution in [0, 0.1) is 11.3 Å². The van der Waals surface area contributed by atoms with Crippen LogP contribution in [0.1, 0.15) is 29.7 Å². The molecule has 0 fully saturated rings. The minimum absolute atomic E-state index is 0.184. The highest BCUT2D eigenvalue weighted by Crippen LogP contribution is 2.45. The number of hydrogen-bond acceptors (Lipinski definition) is 5. The number of nitrogens with zero attached hydrogens (tertiary/aromatic N) is 3. The Bertz CT molecular complexity index is 902. The molecule has 1 aliphatic rings. The standard InChI is InChI=1S/C16H13N5O/c1-8-5-11-10(7-19-21-11)15-13(8)14(12-3-2-4-22-12)9(6-17)16(18)20-15/h2-4,7-8H,5H2,1H3,(H2,18,20)(H,19,21). The van der Waals surface area contributed by atoms with Crippen LogP contribution < -0.4 is 5.73 Å². The molecule has 1 atom stereocenters. The lowest BCUT2D eigenvalue weighted by molar-refractivity contribution is 0.579. The van der Waals surface area contributed by atoms with Crippen molar-refractivity contribution in [3.8, 4) is 28.7 Å². The van der Waals surface area contributed by atoms with Crippen LogP contribution in [0.3, 0.4) is 0 Å². The normalized spacial score (nSPS) is 15.9. The third kappa shape index (κ3) is 1.59. The number of aromatic amines is 1. The number of fused-ring (bicyclic) bond motifs is 3. The molecule has 0 aromatic carbocycles. The average Bonchev–Trinajstić information content (AvgIpc) is 3.17. The zero-order valence-electron chi connectivity index (χ0n) is 11.9. The van der Waals surface area contributed by atoms with E-state index in [1.54, 1.807) is 18.5 Å². The number of nitrogens with one attached hydrogen (secondary N) is 1. The average molecular weight is 291 g/mol. The molecule has 3 aromatic rings. The molecule has 0 radical (unpaired) electrons. The van der Waals surface area contributed by atoms with Crippen LogP contribution in [-0.2, 0) is 6.42 Å². The van der Waals surface area contributed by atoms with Crippen LogP contribution in [0.4, 0.5) is 5.82 Å². The summed E-state index contributed by atoms with van der Waals surface area (Å²) in [5.74, 6) is 1.04. The van der Waals surface area contributed by atoms with Crippen molar-refractivity contribution < 1.29 is 4.42 Å². The minimum Gasteiger partial charge on any atom is -0.464 e. The molecule has 0 aliphatic heterocycles. The van der Waals surface area contributed by atoms with Gasteiger partial charge in [-0.1, -0.05) is 6.92 Å². The third-order valence-corrected chi connectivity index (χ3v) is 4.12. The van der Waals surface area contributed by atoms with Crippen LogP contribution in [0.15, 0.2) is 29.0 Å². The lowest BCUT2D eigenvalue weighted by Gasteiger charge is -2.25. The monoisotopic (exact) mass is 291 g/mol. The molecule has 3 heterocycles. The van der Waals surface area contributed by atoms with Crippen molar-refractivity contribution in [2.75, 3.05) is 5.73 Å². The maximum Gasteiger partial charge on any atom is 0.142 e. The summed E-state index contributed by atoms with van der Waals surface area (Å²) in [7, 11) is 0. The first-order valence-electron chi connectivity index (χ1n) is 7.00. The van der Waals surface area contributed by atoms with Gasteiger partial charge in [-0.2, -0.15) is 10.4 Å². The highest BCUT2D eigenvalue weighted by atomic mass is 16.3. The number of nitrogen functional groups attached to an aromatic ring is 1. The number of nitriles is 1. The zero-order valence-corrected chi connectivity index (χ0v) is 11.9. The summed E-state index contributed by atoms with van der Waals surface area (Å²) in [4.78, 5) is 4.47. The molecule has 22 heavy (non-hydrogen) atoms. The second-order valence-electron chi connectivity index (χ2n) is 5.47. The summed E-state index contributed by atoms with van der Waals surface area (Å²) >= 11 is 0. The lowest BCUT2D eigenvalue weighted by Crippen LogP contribution is -2.14. The van der Waals surface area contributed by atoms with E-state index < -0.39 is 0 Å². The van der Waals surface area contributed by atoms with E-state index in [9.17, 15) is 5.26 Å². The highest BCUT2D eigenvalue weighted by molar-refractivity contribution is 5.84. The Morgan fingerprint density at radius 2 is 2.36 bits per heavy atom. The van der Waals surface area contributed by atoms with Crippen molar-refractivity contribution in [1.82, 2.24) is 15.2 Å². The summed E-state index contributed by atoms with van der Waals surface area (Å²) in [6.45, 7) is 2.11. The quantitative estimate of drug-likeness (QED) is 0.717. The Morgan fingerprint density at radius 3 is 3.09 bits per heavy atom. The van der Waals surface area contributed by atoms with Gasteiger partial charge in [0.15, 0.2) is 0 Å². The second kappa shape index (κ2) is 4.46. The van der Waals surface area contributed by atoms with E-state index in [0.29, 0.717) is 11.3 Å². The fourth-order valence-corrected chi connectivity index (χ4v) is 3.17. The second-order valence-corrected chi connectivity index (χ2v) is 5.47. The molecular weight excluding hydrogens is 278 g/mol. The number of hydrogen-bond donors (Lipinski definition) is 2. The molecule has 0 spiro atoms. The molecule has 108 valence electrons. The van der Waals surface area contributed by atoms with Gasteiger partial charge in [0.2, 0.25) is 0 Å².